The Kier molecular flexibility index (Phi) is 12.4. The highest BCUT2D eigenvalue weighted by molar-refractivity contribution is 5.99. The van der Waals surface area contributed by atoms with Crippen LogP contribution < -0.4 is 27.0 Å². The first-order valence-electron chi connectivity index (χ1n) is 18.2. The summed E-state index contributed by atoms with van der Waals surface area (Å²) in [6.45, 7) is 8.47. The smallest absolute Gasteiger partial charge is 0.408 e. The largest absolute Gasteiger partial charge is 0.444 e. The summed E-state index contributed by atoms with van der Waals surface area (Å²) in [4.78, 5) is 69.0. The summed E-state index contributed by atoms with van der Waals surface area (Å²) < 4.78 is 44.2. The molecule has 0 spiro atoms. The van der Waals surface area contributed by atoms with Crippen LogP contribution in [0.15, 0.2) is 65.5 Å². The Morgan fingerprint density at radius 2 is 1.55 bits per heavy atom. The van der Waals surface area contributed by atoms with Crippen LogP contribution in [0.1, 0.15) is 74.9 Å². The molecule has 1 heterocycles. The Balaban J connectivity index is 1.26. The lowest BCUT2D eigenvalue weighted by atomic mass is 9.81. The van der Waals surface area contributed by atoms with Gasteiger partial charge in [-0.15, -0.1) is 0 Å². The normalized spacial score (nSPS) is 17.2. The first-order valence-corrected chi connectivity index (χ1v) is 18.2. The number of carbonyl (C=O) groups is 4. The second kappa shape index (κ2) is 16.8. The van der Waals surface area contributed by atoms with Crippen molar-refractivity contribution >= 4 is 40.5 Å². The number of anilines is 1. The molecule has 0 bridgehead atoms. The van der Waals surface area contributed by atoms with Crippen LogP contribution in [0.25, 0.3) is 22.2 Å². The minimum absolute atomic E-state index is 0.103. The van der Waals surface area contributed by atoms with Crippen molar-refractivity contribution < 1.29 is 37.1 Å². The highest BCUT2D eigenvalue weighted by atomic mass is 19.4. The maximum Gasteiger partial charge on any atom is 0.408 e. The monoisotopic (exact) mass is 764 g/mol. The van der Waals surface area contributed by atoms with Gasteiger partial charge in [-0.05, 0) is 119 Å². The van der Waals surface area contributed by atoms with Crippen molar-refractivity contribution in [1.82, 2.24) is 25.9 Å². The van der Waals surface area contributed by atoms with Crippen LogP contribution in [0.3, 0.4) is 0 Å². The van der Waals surface area contributed by atoms with Crippen LogP contribution in [-0.2, 0) is 20.7 Å². The number of alkyl carbamates (subject to hydrolysis) is 1. The number of alkyl halides is 3. The molecule has 55 heavy (non-hydrogen) atoms. The van der Waals surface area contributed by atoms with Crippen LogP contribution in [0.4, 0.5) is 23.7 Å². The van der Waals surface area contributed by atoms with Gasteiger partial charge in [-0.2, -0.15) is 13.2 Å². The molecular weight excluding hydrogens is 717 g/mol. The van der Waals surface area contributed by atoms with E-state index >= 15 is 0 Å². The van der Waals surface area contributed by atoms with Gasteiger partial charge in [-0.1, -0.05) is 30.3 Å². The van der Waals surface area contributed by atoms with Gasteiger partial charge in [-0.25, -0.2) is 9.59 Å². The fourth-order valence-corrected chi connectivity index (χ4v) is 6.56. The number of benzene rings is 3. The molecule has 0 aliphatic heterocycles. The molecule has 15 heteroatoms. The molecule has 1 saturated carbocycles. The third kappa shape index (κ3) is 11.2. The number of fused-ring (bicyclic) bond motifs is 1. The van der Waals surface area contributed by atoms with Crippen LogP contribution in [0.5, 0.6) is 0 Å². The zero-order chi connectivity index (χ0) is 40.1. The van der Waals surface area contributed by atoms with E-state index in [1.165, 1.54) is 12.1 Å². The molecule has 2 atom stereocenters. The number of aromatic amines is 2. The zero-order valence-electron chi connectivity index (χ0n) is 31.4. The van der Waals surface area contributed by atoms with Crippen molar-refractivity contribution in [3.05, 3.63) is 87.8 Å². The van der Waals surface area contributed by atoms with Crippen molar-refractivity contribution in [1.29, 1.82) is 0 Å². The van der Waals surface area contributed by atoms with Crippen LogP contribution in [0.2, 0.25) is 0 Å². The SMILES string of the molecule is Cc1cc(C(=O)NC(C)C(F)(F)F)ccc1-c1ccc(CC(NC(=O)[C@H]2CC[C@H](CNC(=O)OC(C)(C)C)CC2)C(=O)Nc2ccc3[nH]c(=O)[nH]c3c2)cc1. The van der Waals surface area contributed by atoms with E-state index in [-0.39, 0.29) is 35.4 Å². The van der Waals surface area contributed by atoms with Gasteiger partial charge in [0, 0.05) is 30.1 Å². The molecule has 5 rings (SSSR count). The predicted molar refractivity (Wildman–Crippen MR) is 202 cm³/mol. The maximum atomic E-state index is 13.8. The number of nitrogens with one attached hydrogen (secondary N) is 6. The average Bonchev–Trinajstić information content (AvgIpc) is 3.49. The topological polar surface area (TPSA) is 174 Å². The lowest BCUT2D eigenvalue weighted by molar-refractivity contribution is -0.149. The van der Waals surface area contributed by atoms with Crippen molar-refractivity contribution in [3.63, 3.8) is 0 Å². The number of carbonyl (C=O) groups excluding carboxylic acids is 4. The van der Waals surface area contributed by atoms with Gasteiger partial charge in [0.1, 0.15) is 17.7 Å². The van der Waals surface area contributed by atoms with Gasteiger partial charge in [0.05, 0.1) is 11.0 Å². The molecule has 294 valence electrons. The van der Waals surface area contributed by atoms with E-state index in [2.05, 4.69) is 25.9 Å². The number of amides is 4. The Bertz CT molecular complexity index is 2080. The number of H-pyrrole nitrogens is 2. The molecule has 4 amide bonds. The van der Waals surface area contributed by atoms with Gasteiger partial charge in [0.2, 0.25) is 11.8 Å². The van der Waals surface area contributed by atoms with Gasteiger partial charge in [0.25, 0.3) is 5.91 Å². The molecule has 6 N–H and O–H groups in total. The summed E-state index contributed by atoms with van der Waals surface area (Å²) in [6, 6.07) is 14.0. The fourth-order valence-electron chi connectivity index (χ4n) is 6.56. The molecule has 12 nitrogen and oxygen atoms in total. The molecule has 2 unspecified atom stereocenters. The quantitative estimate of drug-likeness (QED) is 0.102. The van der Waals surface area contributed by atoms with E-state index < -0.39 is 41.8 Å². The molecule has 1 aliphatic rings. The van der Waals surface area contributed by atoms with Crippen LogP contribution in [-0.4, -0.2) is 64.2 Å². The number of hydrogen-bond acceptors (Lipinski definition) is 6. The molecule has 0 saturated heterocycles. The van der Waals surface area contributed by atoms with Gasteiger partial charge >= 0.3 is 18.0 Å². The van der Waals surface area contributed by atoms with E-state index in [9.17, 15) is 37.1 Å². The van der Waals surface area contributed by atoms with E-state index in [0.29, 0.717) is 41.7 Å². The summed E-state index contributed by atoms with van der Waals surface area (Å²) >= 11 is 0. The zero-order valence-corrected chi connectivity index (χ0v) is 31.4. The van der Waals surface area contributed by atoms with Crippen LogP contribution in [0, 0.1) is 18.8 Å². The summed E-state index contributed by atoms with van der Waals surface area (Å²) in [6.07, 6.45) is -2.26. The molecule has 3 aromatic carbocycles. The highest BCUT2D eigenvalue weighted by Gasteiger charge is 2.37. The van der Waals surface area contributed by atoms with Gasteiger partial charge in [-0.3, -0.25) is 14.4 Å². The lowest BCUT2D eigenvalue weighted by Crippen LogP contribution is -2.48. The number of hydrogen-bond donors (Lipinski definition) is 6. The minimum atomic E-state index is -4.56. The first-order chi connectivity index (χ1) is 25.8. The van der Waals surface area contributed by atoms with Gasteiger partial charge in [0.15, 0.2) is 0 Å². The number of ether oxygens (including phenoxy) is 1. The predicted octanol–water partition coefficient (Wildman–Crippen LogP) is 6.51. The average molecular weight is 765 g/mol. The Hall–Kier alpha value is -5.60. The fraction of sp³-hybridized carbons (Fsp3) is 0.425. The molecule has 0 radical (unpaired) electrons. The summed E-state index contributed by atoms with van der Waals surface area (Å²) in [7, 11) is 0. The number of aryl methyl sites for hydroxylation is 1. The third-order valence-electron chi connectivity index (χ3n) is 9.60. The second-order valence-corrected chi connectivity index (χ2v) is 15.2. The lowest BCUT2D eigenvalue weighted by Gasteiger charge is -2.29. The third-order valence-corrected chi connectivity index (χ3v) is 9.60. The Morgan fingerprint density at radius 3 is 2.18 bits per heavy atom. The van der Waals surface area contributed by atoms with E-state index in [0.717, 1.165) is 36.5 Å². The van der Waals surface area contributed by atoms with Crippen molar-refractivity contribution in [2.24, 2.45) is 11.8 Å². The highest BCUT2D eigenvalue weighted by Crippen LogP contribution is 2.30. The number of aromatic nitrogens is 2. The molecule has 1 aromatic heterocycles. The van der Waals surface area contributed by atoms with E-state index in [4.69, 9.17) is 4.74 Å². The number of rotatable bonds is 11. The first kappa shape index (κ1) is 40.6. The standard InChI is InChI=1S/C40H47F3N6O6/c1-22-18-28(35(51)45-23(2)40(41,42)43)14-16-30(22)26-10-6-24(7-11-26)19-33(36(52)46-29-15-17-31-32(20-29)49-37(53)48-31)47-34(50)27-12-8-25(9-13-27)21-44-38(54)55-39(3,4)5/h6-7,10-11,14-18,20,23,25,27,33H,8-9,12-13,19,21H2,1-5H3,(H,44,54)(H,45,51)(H,46,52)(H,47,50)(H2,48,49,53)/t23?,25-,27-,33?. The van der Waals surface area contributed by atoms with Crippen molar-refractivity contribution in [3.8, 4) is 11.1 Å². The van der Waals surface area contributed by atoms with E-state index in [1.807, 2.05) is 29.6 Å². The molecular formula is C40H47F3N6O6. The Labute approximate surface area is 316 Å². The molecule has 4 aromatic rings. The molecule has 1 aliphatic carbocycles. The number of halogens is 3. The van der Waals surface area contributed by atoms with Crippen LogP contribution >= 0.6 is 0 Å². The van der Waals surface area contributed by atoms with Gasteiger partial charge < -0.3 is 36.0 Å². The summed E-state index contributed by atoms with van der Waals surface area (Å²) in [5.74, 6) is -1.65. The molecule has 1 fully saturated rings. The summed E-state index contributed by atoms with van der Waals surface area (Å²) in [5.41, 5.74) is 3.63. The number of imidazole rings is 1. The van der Waals surface area contributed by atoms with Crippen molar-refractivity contribution in [2.45, 2.75) is 90.6 Å². The second-order valence-electron chi connectivity index (χ2n) is 15.2. The maximum absolute atomic E-state index is 13.8. The van der Waals surface area contributed by atoms with E-state index in [1.54, 1.807) is 52.0 Å². The minimum Gasteiger partial charge on any atom is -0.444 e. The summed E-state index contributed by atoms with van der Waals surface area (Å²) in [5, 5.41) is 10.6. The Morgan fingerprint density at radius 1 is 0.873 bits per heavy atom. The van der Waals surface area contributed by atoms with Crippen molar-refractivity contribution in [2.75, 3.05) is 11.9 Å².